The summed E-state index contributed by atoms with van der Waals surface area (Å²) in [7, 11) is 1.30. The Morgan fingerprint density at radius 1 is 1.41 bits per heavy atom. The van der Waals surface area contributed by atoms with Crippen molar-refractivity contribution in [2.45, 2.75) is 12.5 Å². The van der Waals surface area contributed by atoms with Crippen molar-refractivity contribution in [3.8, 4) is 12.3 Å². The fourth-order valence-electron chi connectivity index (χ4n) is 1.24. The number of rotatable bonds is 4. The molecule has 17 heavy (non-hydrogen) atoms. The predicted octanol–water partition coefficient (Wildman–Crippen LogP) is 2.24. The largest absolute Gasteiger partial charge is 0.478 e. The minimum Gasteiger partial charge on any atom is -0.478 e. The molecule has 0 bridgehead atoms. The van der Waals surface area contributed by atoms with Crippen LogP contribution < -0.4 is 0 Å². The number of terminal acetylenes is 1. The number of carbonyl (C=O) groups is 1. The predicted molar refractivity (Wildman–Crippen MR) is 64.9 cm³/mol. The zero-order chi connectivity index (χ0) is 12.7. The maximum absolute atomic E-state index is 10.9. The van der Waals surface area contributed by atoms with Crippen LogP contribution in [-0.2, 0) is 19.9 Å². The van der Waals surface area contributed by atoms with Crippen LogP contribution in [0.1, 0.15) is 12.5 Å². The fourth-order valence-corrected chi connectivity index (χ4v) is 1.24. The van der Waals surface area contributed by atoms with Gasteiger partial charge in [0, 0.05) is 5.56 Å². The van der Waals surface area contributed by atoms with E-state index in [1.54, 1.807) is 6.92 Å². The Morgan fingerprint density at radius 3 is 2.59 bits per heavy atom. The molecule has 88 valence electrons. The van der Waals surface area contributed by atoms with Crippen molar-refractivity contribution in [2.24, 2.45) is 0 Å². The molecule has 0 saturated carbocycles. The van der Waals surface area contributed by atoms with Crippen LogP contribution in [0.2, 0.25) is 0 Å². The molecule has 0 aliphatic carbocycles. The molecule has 3 heteroatoms. The van der Waals surface area contributed by atoms with Gasteiger partial charge in [-0.1, -0.05) is 36.3 Å². The number of methoxy groups -OCH3 is 1. The SMILES string of the molecule is C#CC(C)(O/C=C/C(=O)OC)c1ccccc1. The van der Waals surface area contributed by atoms with Crippen molar-refractivity contribution in [1.29, 1.82) is 0 Å². The summed E-state index contributed by atoms with van der Waals surface area (Å²) in [5.74, 6) is 2.07. The number of ether oxygens (including phenoxy) is 2. The summed E-state index contributed by atoms with van der Waals surface area (Å²) in [4.78, 5) is 10.9. The second-order valence-electron chi connectivity index (χ2n) is 3.49. The quantitative estimate of drug-likeness (QED) is 0.344. The highest BCUT2D eigenvalue weighted by Crippen LogP contribution is 2.24. The number of carbonyl (C=O) groups excluding carboxylic acids is 1. The van der Waals surface area contributed by atoms with E-state index in [1.165, 1.54) is 19.4 Å². The molecule has 0 aliphatic rings. The summed E-state index contributed by atoms with van der Waals surface area (Å²) in [6, 6.07) is 9.37. The summed E-state index contributed by atoms with van der Waals surface area (Å²) >= 11 is 0. The van der Waals surface area contributed by atoms with Crippen molar-refractivity contribution in [1.82, 2.24) is 0 Å². The van der Waals surface area contributed by atoms with Gasteiger partial charge in [-0.15, -0.1) is 6.42 Å². The van der Waals surface area contributed by atoms with E-state index in [2.05, 4.69) is 10.7 Å². The van der Waals surface area contributed by atoms with Gasteiger partial charge in [-0.05, 0) is 6.92 Å². The highest BCUT2D eigenvalue weighted by atomic mass is 16.5. The van der Waals surface area contributed by atoms with Gasteiger partial charge in [-0.2, -0.15) is 0 Å². The number of hydrogen-bond acceptors (Lipinski definition) is 3. The van der Waals surface area contributed by atoms with Crippen molar-refractivity contribution in [3.05, 3.63) is 48.2 Å². The van der Waals surface area contributed by atoms with E-state index in [-0.39, 0.29) is 0 Å². The molecule has 0 amide bonds. The Balaban J connectivity index is 2.81. The van der Waals surface area contributed by atoms with E-state index in [9.17, 15) is 4.79 Å². The van der Waals surface area contributed by atoms with Gasteiger partial charge in [-0.25, -0.2) is 4.79 Å². The third-order valence-electron chi connectivity index (χ3n) is 2.31. The molecule has 3 nitrogen and oxygen atoms in total. The lowest BCUT2D eigenvalue weighted by molar-refractivity contribution is -0.135. The van der Waals surface area contributed by atoms with Gasteiger partial charge in [0.05, 0.1) is 19.4 Å². The number of benzene rings is 1. The zero-order valence-electron chi connectivity index (χ0n) is 9.84. The maximum Gasteiger partial charge on any atom is 0.333 e. The van der Waals surface area contributed by atoms with E-state index in [0.29, 0.717) is 0 Å². The average molecular weight is 230 g/mol. The van der Waals surface area contributed by atoms with Gasteiger partial charge in [0.1, 0.15) is 0 Å². The first-order valence-electron chi connectivity index (χ1n) is 5.08. The monoisotopic (exact) mass is 230 g/mol. The average Bonchev–Trinajstić information content (AvgIpc) is 2.39. The van der Waals surface area contributed by atoms with Crippen molar-refractivity contribution in [2.75, 3.05) is 7.11 Å². The van der Waals surface area contributed by atoms with E-state index in [1.807, 2.05) is 30.3 Å². The maximum atomic E-state index is 10.9. The molecule has 1 aromatic carbocycles. The minimum atomic E-state index is -0.897. The summed E-state index contributed by atoms with van der Waals surface area (Å²) in [6.07, 6.45) is 7.89. The van der Waals surface area contributed by atoms with Crippen molar-refractivity contribution >= 4 is 5.97 Å². The second kappa shape index (κ2) is 5.76. The number of hydrogen-bond donors (Lipinski definition) is 0. The Morgan fingerprint density at radius 2 is 2.06 bits per heavy atom. The van der Waals surface area contributed by atoms with Crippen LogP contribution >= 0.6 is 0 Å². The van der Waals surface area contributed by atoms with Gasteiger partial charge >= 0.3 is 5.97 Å². The Labute approximate surface area is 101 Å². The highest BCUT2D eigenvalue weighted by molar-refractivity contribution is 5.81. The van der Waals surface area contributed by atoms with E-state index < -0.39 is 11.6 Å². The molecule has 0 spiro atoms. The second-order valence-corrected chi connectivity index (χ2v) is 3.49. The van der Waals surface area contributed by atoms with E-state index in [4.69, 9.17) is 11.2 Å². The smallest absolute Gasteiger partial charge is 0.333 e. The molecule has 0 N–H and O–H groups in total. The van der Waals surface area contributed by atoms with Gasteiger partial charge in [0.25, 0.3) is 0 Å². The molecule has 0 heterocycles. The highest BCUT2D eigenvalue weighted by Gasteiger charge is 2.24. The van der Waals surface area contributed by atoms with Crippen molar-refractivity contribution in [3.63, 3.8) is 0 Å². The van der Waals surface area contributed by atoms with Gasteiger partial charge in [0.2, 0.25) is 0 Å². The summed E-state index contributed by atoms with van der Waals surface area (Å²) < 4.78 is 9.87. The van der Waals surface area contributed by atoms with E-state index >= 15 is 0 Å². The topological polar surface area (TPSA) is 35.5 Å². The van der Waals surface area contributed by atoms with Crippen molar-refractivity contribution < 1.29 is 14.3 Å². The first-order chi connectivity index (χ1) is 8.12. The molecule has 1 rings (SSSR count). The number of esters is 1. The van der Waals surface area contributed by atoms with Gasteiger partial charge in [-0.3, -0.25) is 0 Å². The van der Waals surface area contributed by atoms with Crippen LogP contribution in [0.5, 0.6) is 0 Å². The first kappa shape index (κ1) is 12.9. The normalized spacial score (nSPS) is 13.7. The summed E-state index contributed by atoms with van der Waals surface area (Å²) in [5.41, 5.74) is -0.0526. The van der Waals surface area contributed by atoms with Gasteiger partial charge < -0.3 is 9.47 Å². The van der Waals surface area contributed by atoms with Crippen LogP contribution in [0.3, 0.4) is 0 Å². The third-order valence-corrected chi connectivity index (χ3v) is 2.31. The van der Waals surface area contributed by atoms with Crippen LogP contribution in [0.15, 0.2) is 42.7 Å². The summed E-state index contributed by atoms with van der Waals surface area (Å²) in [6.45, 7) is 1.75. The minimum absolute atomic E-state index is 0.488. The Kier molecular flexibility index (Phi) is 4.36. The van der Waals surface area contributed by atoms with Crippen LogP contribution in [-0.4, -0.2) is 13.1 Å². The van der Waals surface area contributed by atoms with Crippen LogP contribution in [0.4, 0.5) is 0 Å². The molecule has 0 saturated heterocycles. The first-order valence-corrected chi connectivity index (χ1v) is 5.08. The summed E-state index contributed by atoms with van der Waals surface area (Å²) in [5, 5.41) is 0. The lowest BCUT2D eigenvalue weighted by Crippen LogP contribution is -2.21. The molecular formula is C14H14O3. The molecule has 0 aromatic heterocycles. The zero-order valence-corrected chi connectivity index (χ0v) is 9.84. The molecule has 1 aromatic rings. The fraction of sp³-hybridized carbons (Fsp3) is 0.214. The molecule has 1 unspecified atom stereocenters. The Hall–Kier alpha value is -2.21. The van der Waals surface area contributed by atoms with Gasteiger partial charge in [0.15, 0.2) is 5.60 Å². The lowest BCUT2D eigenvalue weighted by atomic mass is 9.97. The molecule has 0 radical (unpaired) electrons. The third kappa shape index (κ3) is 3.39. The standard InChI is InChI=1S/C14H14O3/c1-4-14(2,12-8-6-5-7-9-12)17-11-10-13(15)16-3/h1,5-11H,2-3H3/b11-10+. The molecule has 0 aliphatic heterocycles. The van der Waals surface area contributed by atoms with Crippen LogP contribution in [0.25, 0.3) is 0 Å². The van der Waals surface area contributed by atoms with E-state index in [0.717, 1.165) is 5.56 Å². The Bertz CT molecular complexity index is 442. The van der Waals surface area contributed by atoms with Crippen LogP contribution in [0, 0.1) is 12.3 Å². The molecule has 1 atom stereocenters. The lowest BCUT2D eigenvalue weighted by Gasteiger charge is -2.23. The molecular weight excluding hydrogens is 216 g/mol. The molecule has 0 fully saturated rings.